The summed E-state index contributed by atoms with van der Waals surface area (Å²) in [5.74, 6) is 2.76. The summed E-state index contributed by atoms with van der Waals surface area (Å²) in [6.45, 7) is 4.91. The van der Waals surface area contributed by atoms with Crippen molar-refractivity contribution in [3.05, 3.63) is 0 Å². The van der Waals surface area contributed by atoms with Crippen molar-refractivity contribution in [3.8, 4) is 0 Å². The van der Waals surface area contributed by atoms with E-state index in [4.69, 9.17) is 0 Å². The van der Waals surface area contributed by atoms with Gasteiger partial charge in [-0.25, -0.2) is 0 Å². The van der Waals surface area contributed by atoms with Gasteiger partial charge >= 0.3 is 5.97 Å². The van der Waals surface area contributed by atoms with Gasteiger partial charge < -0.3 is 5.11 Å². The molecule has 132 valence electrons. The van der Waals surface area contributed by atoms with Crippen molar-refractivity contribution in [1.82, 2.24) is 0 Å². The molecular formula is C20H33ClO2. The number of halogens is 1. The van der Waals surface area contributed by atoms with Crippen LogP contribution in [-0.2, 0) is 4.79 Å². The highest BCUT2D eigenvalue weighted by Crippen LogP contribution is 2.67. The minimum absolute atomic E-state index is 0. The Morgan fingerprint density at radius 1 is 0.870 bits per heavy atom. The minimum Gasteiger partial charge on any atom is -0.481 e. The molecule has 0 saturated heterocycles. The number of rotatable bonds is 1. The molecule has 1 unspecified atom stereocenters. The summed E-state index contributed by atoms with van der Waals surface area (Å²) in [7, 11) is 0. The van der Waals surface area contributed by atoms with Crippen molar-refractivity contribution in [2.75, 3.05) is 0 Å². The van der Waals surface area contributed by atoms with Crippen molar-refractivity contribution in [2.24, 2.45) is 40.4 Å². The molecule has 0 spiro atoms. The van der Waals surface area contributed by atoms with Crippen molar-refractivity contribution in [2.45, 2.75) is 78.1 Å². The Labute approximate surface area is 147 Å². The van der Waals surface area contributed by atoms with Gasteiger partial charge in [0, 0.05) is 0 Å². The molecule has 2 nitrogen and oxygen atoms in total. The third-order valence-corrected chi connectivity index (χ3v) is 8.88. The van der Waals surface area contributed by atoms with Gasteiger partial charge in [-0.15, -0.1) is 12.4 Å². The molecule has 4 rings (SSSR count). The lowest BCUT2D eigenvalue weighted by Gasteiger charge is -2.60. The summed E-state index contributed by atoms with van der Waals surface area (Å²) >= 11 is 0. The largest absolute Gasteiger partial charge is 0.481 e. The predicted octanol–water partition coefficient (Wildman–Crippen LogP) is 5.54. The quantitative estimate of drug-likeness (QED) is 0.680. The van der Waals surface area contributed by atoms with Gasteiger partial charge in [0.2, 0.25) is 0 Å². The number of hydrogen-bond acceptors (Lipinski definition) is 1. The summed E-state index contributed by atoms with van der Waals surface area (Å²) in [4.78, 5) is 11.7. The second-order valence-electron chi connectivity index (χ2n) is 9.42. The number of carbonyl (C=O) groups is 1. The SMILES string of the molecule is C[C@]12CCCC[C@@H]1CC[C@@H]1[C@@H]2CC[C@]2(C)C(C(=O)O)CC[C@@H]12.Cl. The molecule has 0 aromatic carbocycles. The lowest BCUT2D eigenvalue weighted by molar-refractivity contribution is -0.152. The van der Waals surface area contributed by atoms with Gasteiger partial charge in [0.05, 0.1) is 5.92 Å². The standard InChI is InChI=1S/C20H32O2.ClH/c1-19-11-4-3-5-13(19)6-7-14-15-8-9-17(18(21)22)20(15,2)12-10-16(14)19;/h13-17H,3-12H2,1-2H3,(H,21,22);1H/t13-,14+,15+,16+,17?,19+,20+;/m1./s1. The van der Waals surface area contributed by atoms with E-state index in [1.54, 1.807) is 0 Å². The maximum Gasteiger partial charge on any atom is 0.307 e. The fourth-order valence-electron chi connectivity index (χ4n) is 7.70. The topological polar surface area (TPSA) is 37.3 Å². The molecule has 3 heteroatoms. The van der Waals surface area contributed by atoms with Gasteiger partial charge in [0.15, 0.2) is 0 Å². The molecule has 4 aliphatic carbocycles. The third kappa shape index (κ3) is 2.38. The molecule has 0 amide bonds. The lowest BCUT2D eigenvalue weighted by Crippen LogP contribution is -2.53. The Bertz CT molecular complexity index is 478. The molecule has 4 saturated carbocycles. The molecule has 7 atom stereocenters. The molecule has 0 aliphatic heterocycles. The van der Waals surface area contributed by atoms with Gasteiger partial charge in [0.1, 0.15) is 0 Å². The molecule has 0 bridgehead atoms. The zero-order valence-corrected chi connectivity index (χ0v) is 15.5. The van der Waals surface area contributed by atoms with E-state index in [2.05, 4.69) is 13.8 Å². The summed E-state index contributed by atoms with van der Waals surface area (Å²) in [5, 5.41) is 9.65. The van der Waals surface area contributed by atoms with E-state index in [-0.39, 0.29) is 23.7 Å². The van der Waals surface area contributed by atoms with Crippen molar-refractivity contribution >= 4 is 18.4 Å². The van der Waals surface area contributed by atoms with Crippen LogP contribution in [0.3, 0.4) is 0 Å². The van der Waals surface area contributed by atoms with Crippen LogP contribution in [-0.4, -0.2) is 11.1 Å². The highest BCUT2D eigenvalue weighted by Gasteiger charge is 2.60. The first-order valence-corrected chi connectivity index (χ1v) is 9.69. The van der Waals surface area contributed by atoms with Crippen LogP contribution >= 0.6 is 12.4 Å². The van der Waals surface area contributed by atoms with Crippen LogP contribution < -0.4 is 0 Å². The lowest BCUT2D eigenvalue weighted by atomic mass is 9.45. The van der Waals surface area contributed by atoms with Crippen LogP contribution in [0, 0.1) is 40.4 Å². The van der Waals surface area contributed by atoms with E-state index in [1.807, 2.05) is 0 Å². The number of hydrogen-bond donors (Lipinski definition) is 1. The van der Waals surface area contributed by atoms with Crippen molar-refractivity contribution in [1.29, 1.82) is 0 Å². The van der Waals surface area contributed by atoms with E-state index in [1.165, 1.54) is 51.4 Å². The Morgan fingerprint density at radius 3 is 2.35 bits per heavy atom. The molecule has 4 aliphatic rings. The van der Waals surface area contributed by atoms with Gasteiger partial charge in [-0.3, -0.25) is 4.79 Å². The highest BCUT2D eigenvalue weighted by molar-refractivity contribution is 5.85. The van der Waals surface area contributed by atoms with Crippen molar-refractivity contribution < 1.29 is 9.90 Å². The van der Waals surface area contributed by atoms with E-state index in [0.29, 0.717) is 11.3 Å². The first kappa shape index (κ1) is 17.6. The molecule has 4 fully saturated rings. The summed E-state index contributed by atoms with van der Waals surface area (Å²) in [5.41, 5.74) is 0.661. The molecule has 23 heavy (non-hydrogen) atoms. The van der Waals surface area contributed by atoms with E-state index in [9.17, 15) is 9.90 Å². The molecule has 0 radical (unpaired) electrons. The molecular weight excluding hydrogens is 308 g/mol. The van der Waals surface area contributed by atoms with E-state index < -0.39 is 5.97 Å². The van der Waals surface area contributed by atoms with Gasteiger partial charge in [0.25, 0.3) is 0 Å². The monoisotopic (exact) mass is 340 g/mol. The third-order valence-electron chi connectivity index (χ3n) is 8.88. The molecule has 0 aromatic rings. The van der Waals surface area contributed by atoms with Gasteiger partial charge in [-0.05, 0) is 85.9 Å². The van der Waals surface area contributed by atoms with Crippen LogP contribution in [0.2, 0.25) is 0 Å². The fourth-order valence-corrected chi connectivity index (χ4v) is 7.70. The van der Waals surface area contributed by atoms with Crippen LogP contribution in [0.5, 0.6) is 0 Å². The average molecular weight is 341 g/mol. The Morgan fingerprint density at radius 2 is 1.61 bits per heavy atom. The second-order valence-corrected chi connectivity index (χ2v) is 9.42. The number of fused-ring (bicyclic) bond motifs is 5. The van der Waals surface area contributed by atoms with Gasteiger partial charge in [-0.2, -0.15) is 0 Å². The normalized spacial score (nSPS) is 51.8. The zero-order chi connectivity index (χ0) is 15.5. The smallest absolute Gasteiger partial charge is 0.307 e. The Hall–Kier alpha value is -0.240. The van der Waals surface area contributed by atoms with E-state index in [0.717, 1.165) is 30.6 Å². The maximum absolute atomic E-state index is 11.7. The van der Waals surface area contributed by atoms with Gasteiger partial charge in [-0.1, -0.05) is 26.7 Å². The van der Waals surface area contributed by atoms with Crippen LogP contribution in [0.1, 0.15) is 78.1 Å². The van der Waals surface area contributed by atoms with Crippen LogP contribution in [0.4, 0.5) is 0 Å². The zero-order valence-electron chi connectivity index (χ0n) is 14.7. The van der Waals surface area contributed by atoms with Crippen molar-refractivity contribution in [3.63, 3.8) is 0 Å². The van der Waals surface area contributed by atoms with Crippen LogP contribution in [0.15, 0.2) is 0 Å². The summed E-state index contributed by atoms with van der Waals surface area (Å²) < 4.78 is 0. The molecule has 0 heterocycles. The van der Waals surface area contributed by atoms with Crippen LogP contribution in [0.25, 0.3) is 0 Å². The second kappa shape index (κ2) is 5.93. The first-order chi connectivity index (χ1) is 10.5. The minimum atomic E-state index is -0.527. The fraction of sp³-hybridized carbons (Fsp3) is 0.950. The number of carboxylic acids is 1. The molecule has 1 N–H and O–H groups in total. The average Bonchev–Trinajstić information content (AvgIpc) is 2.84. The first-order valence-electron chi connectivity index (χ1n) is 9.69. The Kier molecular flexibility index (Phi) is 4.53. The predicted molar refractivity (Wildman–Crippen MR) is 94.7 cm³/mol. The maximum atomic E-state index is 11.7. The molecule has 0 aromatic heterocycles. The summed E-state index contributed by atoms with van der Waals surface area (Å²) in [6.07, 6.45) is 13.1. The number of aliphatic carboxylic acids is 1. The number of carboxylic acid groups (broad SMARTS) is 1. The highest BCUT2D eigenvalue weighted by atomic mass is 35.5. The Balaban J connectivity index is 0.00000156. The van der Waals surface area contributed by atoms with E-state index >= 15 is 0 Å². The summed E-state index contributed by atoms with van der Waals surface area (Å²) in [6, 6.07) is 0.